The second kappa shape index (κ2) is 5.54. The van der Waals surface area contributed by atoms with Gasteiger partial charge in [0.2, 0.25) is 0 Å². The van der Waals surface area contributed by atoms with Crippen LogP contribution in [0.25, 0.3) is 0 Å². The van der Waals surface area contributed by atoms with Crippen LogP contribution in [0.15, 0.2) is 0 Å². The van der Waals surface area contributed by atoms with E-state index in [2.05, 4.69) is 15.9 Å². The molecule has 0 aliphatic carbocycles. The van der Waals surface area contributed by atoms with Crippen molar-refractivity contribution in [1.82, 2.24) is 0 Å². The third kappa shape index (κ3) is 4.56. The molecule has 8 heavy (non-hydrogen) atoms. The Bertz CT molecular complexity index is 45.7. The summed E-state index contributed by atoms with van der Waals surface area (Å²) in [5.74, 6) is 0. The molecule has 0 heterocycles. The van der Waals surface area contributed by atoms with Gasteiger partial charge in [-0.25, -0.2) is 0 Å². The zero-order valence-corrected chi connectivity index (χ0v) is 6.65. The summed E-state index contributed by atoms with van der Waals surface area (Å²) in [4.78, 5) is 0. The molecule has 0 aliphatic heterocycles. The van der Waals surface area contributed by atoms with Gasteiger partial charge in [0, 0.05) is 18.5 Å². The molecule has 0 rings (SSSR count). The number of alkyl halides is 1. The lowest BCUT2D eigenvalue weighted by molar-refractivity contribution is 0.179. The molecule has 0 unspecified atom stereocenters. The molecule has 0 saturated heterocycles. The van der Waals surface area contributed by atoms with Crippen molar-refractivity contribution in [2.24, 2.45) is 5.73 Å². The van der Waals surface area contributed by atoms with Crippen LogP contribution in [-0.4, -0.2) is 25.1 Å². The van der Waals surface area contributed by atoms with Gasteiger partial charge >= 0.3 is 0 Å². The quantitative estimate of drug-likeness (QED) is 0.651. The van der Waals surface area contributed by atoms with E-state index in [1.807, 2.05) is 0 Å². The Morgan fingerprint density at radius 2 is 2.38 bits per heavy atom. The molecule has 0 aromatic heterocycles. The molecule has 0 radical (unpaired) electrons. The summed E-state index contributed by atoms with van der Waals surface area (Å²) in [6.45, 7) is 0.658. The molecule has 2 nitrogen and oxygen atoms in total. The number of nitrogens with two attached hydrogens (primary N) is 1. The van der Waals surface area contributed by atoms with Gasteiger partial charge in [0.15, 0.2) is 0 Å². The second-order valence-electron chi connectivity index (χ2n) is 1.69. The van der Waals surface area contributed by atoms with E-state index in [0.29, 0.717) is 6.61 Å². The van der Waals surface area contributed by atoms with E-state index in [1.165, 1.54) is 0 Å². The first-order valence-electron chi connectivity index (χ1n) is 2.61. The molecule has 50 valence electrons. The first kappa shape index (κ1) is 8.40. The van der Waals surface area contributed by atoms with E-state index in [-0.39, 0.29) is 6.04 Å². The minimum Gasteiger partial charge on any atom is -0.383 e. The maximum absolute atomic E-state index is 5.54. The molecular weight excluding hydrogens is 170 g/mol. The number of methoxy groups -OCH3 is 1. The van der Waals surface area contributed by atoms with Crippen LogP contribution in [0.4, 0.5) is 0 Å². The molecule has 0 fully saturated rings. The van der Waals surface area contributed by atoms with Crippen molar-refractivity contribution in [3.8, 4) is 0 Å². The van der Waals surface area contributed by atoms with Crippen molar-refractivity contribution in [2.45, 2.75) is 12.5 Å². The van der Waals surface area contributed by atoms with Crippen molar-refractivity contribution in [3.05, 3.63) is 0 Å². The normalized spacial score (nSPS) is 13.9. The van der Waals surface area contributed by atoms with Crippen LogP contribution in [0.3, 0.4) is 0 Å². The number of hydrogen-bond acceptors (Lipinski definition) is 2. The van der Waals surface area contributed by atoms with Crippen LogP contribution in [0.2, 0.25) is 0 Å². The highest BCUT2D eigenvalue weighted by atomic mass is 79.9. The van der Waals surface area contributed by atoms with Gasteiger partial charge < -0.3 is 10.5 Å². The lowest BCUT2D eigenvalue weighted by atomic mass is 10.3. The summed E-state index contributed by atoms with van der Waals surface area (Å²) in [6.07, 6.45) is 0.980. The number of ether oxygens (including phenoxy) is 1. The summed E-state index contributed by atoms with van der Waals surface area (Å²) < 4.78 is 4.81. The van der Waals surface area contributed by atoms with Crippen LogP contribution in [0.1, 0.15) is 6.42 Å². The van der Waals surface area contributed by atoms with Gasteiger partial charge in [-0.3, -0.25) is 0 Å². The number of hydrogen-bond donors (Lipinski definition) is 1. The predicted molar refractivity (Wildman–Crippen MR) is 38.3 cm³/mol. The van der Waals surface area contributed by atoms with Crippen molar-refractivity contribution in [2.75, 3.05) is 19.0 Å². The minimum absolute atomic E-state index is 0.194. The zero-order chi connectivity index (χ0) is 6.41. The molecule has 1 atom stereocenters. The molecular formula is C5H12BrNO. The van der Waals surface area contributed by atoms with Crippen LogP contribution < -0.4 is 5.73 Å². The zero-order valence-electron chi connectivity index (χ0n) is 5.06. The average Bonchev–Trinajstić information content (AvgIpc) is 1.68. The molecule has 3 heteroatoms. The maximum atomic E-state index is 5.54. The van der Waals surface area contributed by atoms with E-state index in [4.69, 9.17) is 10.5 Å². The Morgan fingerprint density at radius 1 is 1.75 bits per heavy atom. The molecule has 0 aliphatic rings. The van der Waals surface area contributed by atoms with E-state index in [0.717, 1.165) is 11.8 Å². The molecule has 0 saturated carbocycles. The molecule has 0 spiro atoms. The average molecular weight is 182 g/mol. The Balaban J connectivity index is 2.92. The first-order valence-corrected chi connectivity index (χ1v) is 3.74. The summed E-state index contributed by atoms with van der Waals surface area (Å²) in [7, 11) is 1.66. The largest absolute Gasteiger partial charge is 0.383 e. The fourth-order valence-electron chi connectivity index (χ4n) is 0.438. The molecule has 0 amide bonds. The Morgan fingerprint density at radius 3 is 2.75 bits per heavy atom. The van der Waals surface area contributed by atoms with E-state index in [9.17, 15) is 0 Å². The highest BCUT2D eigenvalue weighted by Crippen LogP contribution is 1.92. The third-order valence-electron chi connectivity index (χ3n) is 0.861. The Kier molecular flexibility index (Phi) is 5.81. The molecule has 0 aromatic rings. The van der Waals surface area contributed by atoms with Gasteiger partial charge in [0.25, 0.3) is 0 Å². The molecule has 2 N–H and O–H groups in total. The molecule has 0 aromatic carbocycles. The Labute approximate surface area is 58.5 Å². The van der Waals surface area contributed by atoms with E-state index >= 15 is 0 Å². The standard InChI is InChI=1S/C5H12BrNO/c1-8-4-5(7)2-3-6/h5H,2-4,7H2,1H3/t5-/m0/s1. The van der Waals surface area contributed by atoms with E-state index < -0.39 is 0 Å². The van der Waals surface area contributed by atoms with Gasteiger partial charge in [-0.15, -0.1) is 0 Å². The van der Waals surface area contributed by atoms with Crippen LogP contribution in [-0.2, 0) is 4.74 Å². The van der Waals surface area contributed by atoms with Crippen LogP contribution in [0, 0.1) is 0 Å². The van der Waals surface area contributed by atoms with Crippen LogP contribution >= 0.6 is 15.9 Å². The molecule has 0 bridgehead atoms. The topological polar surface area (TPSA) is 35.2 Å². The summed E-state index contributed by atoms with van der Waals surface area (Å²) in [5.41, 5.74) is 5.54. The van der Waals surface area contributed by atoms with Crippen molar-refractivity contribution < 1.29 is 4.74 Å². The predicted octanol–water partition coefficient (Wildman–Crippen LogP) is 0.745. The lowest BCUT2D eigenvalue weighted by Crippen LogP contribution is -2.25. The SMILES string of the molecule is COC[C@@H](N)CCBr. The highest BCUT2D eigenvalue weighted by molar-refractivity contribution is 9.09. The van der Waals surface area contributed by atoms with Crippen molar-refractivity contribution in [1.29, 1.82) is 0 Å². The maximum Gasteiger partial charge on any atom is 0.0614 e. The third-order valence-corrected chi connectivity index (χ3v) is 1.32. The summed E-state index contributed by atoms with van der Waals surface area (Å²) >= 11 is 3.28. The summed E-state index contributed by atoms with van der Waals surface area (Å²) in [5, 5.41) is 0.956. The van der Waals surface area contributed by atoms with Crippen molar-refractivity contribution >= 4 is 15.9 Å². The van der Waals surface area contributed by atoms with Gasteiger partial charge in [-0.05, 0) is 6.42 Å². The van der Waals surface area contributed by atoms with Gasteiger partial charge in [-0.2, -0.15) is 0 Å². The van der Waals surface area contributed by atoms with E-state index in [1.54, 1.807) is 7.11 Å². The minimum atomic E-state index is 0.194. The monoisotopic (exact) mass is 181 g/mol. The van der Waals surface area contributed by atoms with Crippen molar-refractivity contribution in [3.63, 3.8) is 0 Å². The number of halogens is 1. The Hall–Kier alpha value is 0.400. The van der Waals surface area contributed by atoms with Crippen LogP contribution in [0.5, 0.6) is 0 Å². The highest BCUT2D eigenvalue weighted by Gasteiger charge is 1.97. The first-order chi connectivity index (χ1) is 3.81. The lowest BCUT2D eigenvalue weighted by Gasteiger charge is -2.05. The van der Waals surface area contributed by atoms with Gasteiger partial charge in [0.1, 0.15) is 0 Å². The number of rotatable bonds is 4. The fourth-order valence-corrected chi connectivity index (χ4v) is 1.03. The van der Waals surface area contributed by atoms with Gasteiger partial charge in [-0.1, -0.05) is 15.9 Å². The second-order valence-corrected chi connectivity index (χ2v) is 2.49. The summed E-state index contributed by atoms with van der Waals surface area (Å²) in [6, 6.07) is 0.194. The van der Waals surface area contributed by atoms with Gasteiger partial charge in [0.05, 0.1) is 6.61 Å². The fraction of sp³-hybridized carbons (Fsp3) is 1.00. The smallest absolute Gasteiger partial charge is 0.0614 e.